The van der Waals surface area contributed by atoms with E-state index in [1.54, 1.807) is 0 Å². The summed E-state index contributed by atoms with van der Waals surface area (Å²) in [5, 5.41) is 5.77. The van der Waals surface area contributed by atoms with Gasteiger partial charge < -0.3 is 19.7 Å². The Hall–Kier alpha value is -3.08. The van der Waals surface area contributed by atoms with E-state index in [9.17, 15) is 4.79 Å². The smallest absolute Gasteiger partial charge is 0.417 e. The van der Waals surface area contributed by atoms with Crippen LogP contribution in [-0.2, 0) is 20.8 Å². The number of anilines is 1. The molecule has 38 heavy (non-hydrogen) atoms. The number of benzene rings is 3. The minimum Gasteiger partial charge on any atom is -0.417 e. The molecule has 3 aromatic rings. The summed E-state index contributed by atoms with van der Waals surface area (Å²) < 4.78 is 19.3. The minimum absolute atomic E-state index is 0.0119. The van der Waals surface area contributed by atoms with Crippen LogP contribution in [0.25, 0.3) is 0 Å². The Morgan fingerprint density at radius 2 is 1.42 bits per heavy atom. The molecule has 0 aromatic heterocycles. The molecule has 0 radical (unpaired) electrons. The molecule has 0 bridgehead atoms. The van der Waals surface area contributed by atoms with E-state index >= 15 is 0 Å². The van der Waals surface area contributed by atoms with Crippen molar-refractivity contribution < 1.29 is 18.4 Å². The molecule has 2 aliphatic carbocycles. The second-order valence-electron chi connectivity index (χ2n) is 12.1. The molecule has 1 aliphatic heterocycles. The maximum atomic E-state index is 12.4. The first kappa shape index (κ1) is 25.2. The summed E-state index contributed by atoms with van der Waals surface area (Å²) in [6, 6.07) is 21.6. The predicted octanol–water partition coefficient (Wildman–Crippen LogP) is 7.56. The van der Waals surface area contributed by atoms with Crippen molar-refractivity contribution in [2.75, 3.05) is 11.9 Å². The predicted molar refractivity (Wildman–Crippen MR) is 151 cm³/mol. The monoisotopic (exact) mass is 530 g/mol. The maximum absolute atomic E-state index is 12.4. The van der Waals surface area contributed by atoms with E-state index in [1.165, 1.54) is 22.3 Å². The molecule has 0 saturated heterocycles. The highest BCUT2D eigenvalue weighted by molar-refractivity contribution is 7.42. The van der Waals surface area contributed by atoms with Gasteiger partial charge in [-0.25, -0.2) is 4.79 Å². The van der Waals surface area contributed by atoms with Crippen molar-refractivity contribution in [1.29, 1.82) is 0 Å². The molecular formula is C31H35N2O4P. The SMILES string of the molecule is C[C@H](COP1Oc2cccc3c2C2(CC3(C)C)CC(C)(C)c3cccc(c32)O1)NC(=O)Nc1ccccc1. The molecule has 3 aliphatic rings. The van der Waals surface area contributed by atoms with Gasteiger partial charge in [-0.2, -0.15) is 0 Å². The molecule has 1 atom stereocenters. The lowest BCUT2D eigenvalue weighted by Gasteiger charge is -2.34. The van der Waals surface area contributed by atoms with Crippen molar-refractivity contribution in [2.24, 2.45) is 0 Å². The molecular weight excluding hydrogens is 495 g/mol. The third-order valence-corrected chi connectivity index (χ3v) is 9.19. The van der Waals surface area contributed by atoms with Crippen LogP contribution in [0, 0.1) is 0 Å². The second kappa shape index (κ2) is 9.00. The van der Waals surface area contributed by atoms with E-state index in [-0.39, 0.29) is 34.9 Å². The van der Waals surface area contributed by atoms with Gasteiger partial charge in [0.1, 0.15) is 11.5 Å². The number of rotatable bonds is 5. The van der Waals surface area contributed by atoms with E-state index in [2.05, 4.69) is 74.7 Å². The fourth-order valence-corrected chi connectivity index (χ4v) is 8.04. The van der Waals surface area contributed by atoms with Gasteiger partial charge in [0.25, 0.3) is 0 Å². The lowest BCUT2D eigenvalue weighted by atomic mass is 9.72. The van der Waals surface area contributed by atoms with Crippen LogP contribution in [0.15, 0.2) is 66.7 Å². The number of carbonyl (C=O) groups excluding carboxylic acids is 1. The molecule has 2 N–H and O–H groups in total. The highest BCUT2D eigenvalue weighted by Crippen LogP contribution is 2.68. The molecule has 0 fully saturated rings. The molecule has 6 nitrogen and oxygen atoms in total. The molecule has 2 amide bonds. The topological polar surface area (TPSA) is 68.8 Å². The summed E-state index contributed by atoms with van der Waals surface area (Å²) in [7, 11) is -1.74. The van der Waals surface area contributed by atoms with Crippen molar-refractivity contribution >= 4 is 20.3 Å². The van der Waals surface area contributed by atoms with Crippen LogP contribution >= 0.6 is 8.60 Å². The Kier molecular flexibility index (Phi) is 5.97. The molecule has 0 saturated carbocycles. The largest absolute Gasteiger partial charge is 0.463 e. The Morgan fingerprint density at radius 3 is 1.97 bits per heavy atom. The van der Waals surface area contributed by atoms with Crippen molar-refractivity contribution in [1.82, 2.24) is 5.32 Å². The highest BCUT2D eigenvalue weighted by atomic mass is 31.2. The first-order valence-corrected chi connectivity index (χ1v) is 14.4. The normalized spacial score (nSPS) is 20.1. The fourth-order valence-electron chi connectivity index (χ4n) is 6.93. The molecule has 0 unspecified atom stereocenters. The third kappa shape index (κ3) is 4.15. The Morgan fingerprint density at radius 1 is 0.868 bits per heavy atom. The first-order valence-electron chi connectivity index (χ1n) is 13.3. The number of urea groups is 1. The van der Waals surface area contributed by atoms with Crippen molar-refractivity contribution in [2.45, 2.75) is 69.7 Å². The Bertz CT molecular complexity index is 1310. The zero-order chi connectivity index (χ0) is 26.7. The van der Waals surface area contributed by atoms with E-state index in [1.807, 2.05) is 37.3 Å². The quantitative estimate of drug-likeness (QED) is 0.334. The van der Waals surface area contributed by atoms with E-state index in [0.717, 1.165) is 30.0 Å². The number of nitrogens with one attached hydrogen (secondary N) is 2. The van der Waals surface area contributed by atoms with Crippen molar-refractivity contribution in [3.05, 3.63) is 89.0 Å². The lowest BCUT2D eigenvalue weighted by Crippen LogP contribution is -2.38. The first-order chi connectivity index (χ1) is 18.1. The summed E-state index contributed by atoms with van der Waals surface area (Å²) in [6.45, 7) is 11.5. The lowest BCUT2D eigenvalue weighted by molar-refractivity contribution is 0.222. The number of para-hydroxylation sites is 1. The van der Waals surface area contributed by atoms with Gasteiger partial charge in [0.2, 0.25) is 0 Å². The maximum Gasteiger partial charge on any atom is 0.463 e. The number of amides is 2. The highest BCUT2D eigenvalue weighted by Gasteiger charge is 2.59. The number of carbonyl (C=O) groups is 1. The fraction of sp³-hybridized carbons (Fsp3) is 0.387. The van der Waals surface area contributed by atoms with Crippen molar-refractivity contribution in [3.63, 3.8) is 0 Å². The van der Waals surface area contributed by atoms with Gasteiger partial charge >= 0.3 is 14.6 Å². The van der Waals surface area contributed by atoms with Crippen LogP contribution in [0.5, 0.6) is 11.5 Å². The summed E-state index contributed by atoms with van der Waals surface area (Å²) in [6.07, 6.45) is 2.03. The third-order valence-electron chi connectivity index (χ3n) is 8.14. The number of hydrogen-bond donors (Lipinski definition) is 2. The Balaban J connectivity index is 1.28. The summed E-state index contributed by atoms with van der Waals surface area (Å²) >= 11 is 0. The second-order valence-corrected chi connectivity index (χ2v) is 13.2. The number of hydrogen-bond acceptors (Lipinski definition) is 4. The zero-order valence-corrected chi connectivity index (χ0v) is 23.5. The van der Waals surface area contributed by atoms with Crippen LogP contribution in [0.2, 0.25) is 0 Å². The van der Waals surface area contributed by atoms with Crippen molar-refractivity contribution in [3.8, 4) is 11.5 Å². The van der Waals surface area contributed by atoms with E-state index in [4.69, 9.17) is 13.6 Å². The molecule has 1 spiro atoms. The summed E-state index contributed by atoms with van der Waals surface area (Å²) in [5.41, 5.74) is 5.87. The molecule has 1 heterocycles. The van der Waals surface area contributed by atoms with Gasteiger partial charge in [-0.3, -0.25) is 4.52 Å². The van der Waals surface area contributed by atoms with E-state index in [0.29, 0.717) is 0 Å². The molecule has 7 heteroatoms. The average molecular weight is 531 g/mol. The molecule has 6 rings (SSSR count). The van der Waals surface area contributed by atoms with Gasteiger partial charge in [-0.05, 0) is 66.0 Å². The van der Waals surface area contributed by atoms with Gasteiger partial charge in [-0.1, -0.05) is 70.2 Å². The van der Waals surface area contributed by atoms with E-state index < -0.39 is 8.60 Å². The zero-order valence-electron chi connectivity index (χ0n) is 22.6. The van der Waals surface area contributed by atoms with Crippen LogP contribution in [0.4, 0.5) is 10.5 Å². The van der Waals surface area contributed by atoms with Crippen LogP contribution in [-0.4, -0.2) is 18.7 Å². The summed E-state index contributed by atoms with van der Waals surface area (Å²) in [4.78, 5) is 12.4. The molecule has 3 aromatic carbocycles. The van der Waals surface area contributed by atoms with Crippen LogP contribution in [0.3, 0.4) is 0 Å². The van der Waals surface area contributed by atoms with Crippen LogP contribution in [0.1, 0.15) is 69.7 Å². The Labute approximate surface area is 226 Å². The minimum atomic E-state index is -1.74. The average Bonchev–Trinajstić information content (AvgIpc) is 3.23. The summed E-state index contributed by atoms with van der Waals surface area (Å²) in [5.74, 6) is 1.69. The van der Waals surface area contributed by atoms with Gasteiger partial charge in [-0.15, -0.1) is 0 Å². The van der Waals surface area contributed by atoms with Gasteiger partial charge in [0.15, 0.2) is 0 Å². The molecule has 198 valence electrons. The standard InChI is InChI=1S/C31H35N2O4P/c1-20(32-28(34)33-21-11-7-6-8-12-21)17-35-38-36-24-15-9-13-22-26(24)31(18-29(22,2)3)19-30(4,5)23-14-10-16-25(37-38)27(23)31/h6-16,20H,17-19H2,1-5H3,(H2,32,33,34)/t20-,31?/m1/s1. The van der Waals surface area contributed by atoms with Gasteiger partial charge in [0.05, 0.1) is 12.6 Å². The van der Waals surface area contributed by atoms with Gasteiger partial charge in [0, 0.05) is 22.2 Å². The van der Waals surface area contributed by atoms with Crippen LogP contribution < -0.4 is 19.7 Å².